The van der Waals surface area contributed by atoms with E-state index < -0.39 is 12.1 Å². The van der Waals surface area contributed by atoms with Crippen LogP contribution in [-0.4, -0.2) is 24.2 Å². The summed E-state index contributed by atoms with van der Waals surface area (Å²) < 4.78 is 35.6. The van der Waals surface area contributed by atoms with Crippen molar-refractivity contribution in [3.63, 3.8) is 0 Å². The third kappa shape index (κ3) is 2.18. The molecule has 11 heavy (non-hydrogen) atoms. The molecule has 0 aromatic heterocycles. The minimum atomic E-state index is -4.26. The van der Waals surface area contributed by atoms with Gasteiger partial charge in [0.25, 0.3) is 0 Å². The predicted octanol–water partition coefficient (Wildman–Crippen LogP) is 1.84. The van der Waals surface area contributed by atoms with Crippen LogP contribution in [-0.2, 0) is 0 Å². The normalized spacial score (nSPS) is 25.1. The Morgan fingerprint density at radius 3 is 2.55 bits per heavy atom. The lowest BCUT2D eigenvalue weighted by Crippen LogP contribution is -2.29. The van der Waals surface area contributed by atoms with Gasteiger partial charge in [0, 0.05) is 6.21 Å². The number of halogens is 4. The molecule has 1 rings (SSSR count). The molecule has 0 saturated heterocycles. The van der Waals surface area contributed by atoms with Crippen molar-refractivity contribution in [3.05, 3.63) is 0 Å². The van der Waals surface area contributed by atoms with Gasteiger partial charge in [-0.05, 0) is 11.6 Å². The average molecular weight is 185 g/mol. The zero-order valence-corrected chi connectivity index (χ0v) is 6.02. The third-order valence-corrected chi connectivity index (χ3v) is 1.42. The summed E-state index contributed by atoms with van der Waals surface area (Å²) >= 11 is 5.22. The standard InChI is InChI=1S/C5H4ClF3N2/c6-4-10-1-3(2-11-4)5(7,8)9/h1,3H,2H2. The van der Waals surface area contributed by atoms with E-state index in [2.05, 4.69) is 9.98 Å². The van der Waals surface area contributed by atoms with Crippen LogP contribution in [0.5, 0.6) is 0 Å². The molecule has 0 saturated carbocycles. The molecule has 1 aliphatic heterocycles. The second-order valence-corrected chi connectivity index (χ2v) is 2.37. The second kappa shape index (κ2) is 2.81. The number of alkyl halides is 3. The van der Waals surface area contributed by atoms with E-state index in [0.29, 0.717) is 0 Å². The molecule has 0 N–H and O–H groups in total. The molecule has 0 radical (unpaired) electrons. The lowest BCUT2D eigenvalue weighted by molar-refractivity contribution is -0.151. The molecule has 0 fully saturated rings. The summed E-state index contributed by atoms with van der Waals surface area (Å²) in [4.78, 5) is 6.59. The van der Waals surface area contributed by atoms with Gasteiger partial charge in [-0.1, -0.05) is 0 Å². The Balaban J connectivity index is 2.63. The van der Waals surface area contributed by atoms with Crippen LogP contribution in [0.15, 0.2) is 9.98 Å². The molecular formula is C5H4ClF3N2. The van der Waals surface area contributed by atoms with Gasteiger partial charge in [0.1, 0.15) is 5.92 Å². The maximum absolute atomic E-state index is 11.9. The Hall–Kier alpha value is -0.580. The van der Waals surface area contributed by atoms with E-state index >= 15 is 0 Å². The highest BCUT2D eigenvalue weighted by Crippen LogP contribution is 2.26. The minimum Gasteiger partial charge on any atom is -0.255 e. The number of hydrogen-bond acceptors (Lipinski definition) is 2. The lowest BCUT2D eigenvalue weighted by atomic mass is 10.1. The predicted molar refractivity (Wildman–Crippen MR) is 36.2 cm³/mol. The van der Waals surface area contributed by atoms with Gasteiger partial charge >= 0.3 is 6.18 Å². The number of rotatable bonds is 0. The van der Waals surface area contributed by atoms with E-state index in [9.17, 15) is 13.2 Å². The van der Waals surface area contributed by atoms with Crippen molar-refractivity contribution in [1.82, 2.24) is 0 Å². The molecule has 6 heteroatoms. The molecule has 0 bridgehead atoms. The zero-order valence-electron chi connectivity index (χ0n) is 5.27. The van der Waals surface area contributed by atoms with E-state index in [1.165, 1.54) is 0 Å². The third-order valence-electron chi connectivity index (χ3n) is 1.20. The van der Waals surface area contributed by atoms with E-state index in [-0.39, 0.29) is 11.8 Å². The van der Waals surface area contributed by atoms with E-state index in [4.69, 9.17) is 11.6 Å². The Morgan fingerprint density at radius 2 is 2.18 bits per heavy atom. The Kier molecular flexibility index (Phi) is 2.17. The maximum Gasteiger partial charge on any atom is 0.398 e. The van der Waals surface area contributed by atoms with Crippen molar-refractivity contribution in [2.24, 2.45) is 15.9 Å². The molecule has 0 amide bonds. The number of amidine groups is 1. The van der Waals surface area contributed by atoms with Crippen LogP contribution < -0.4 is 0 Å². The molecule has 0 aromatic carbocycles. The number of nitrogens with zero attached hydrogens (tertiary/aromatic N) is 2. The quantitative estimate of drug-likeness (QED) is 0.514. The Morgan fingerprint density at radius 1 is 1.55 bits per heavy atom. The average Bonchev–Trinajstić information content (AvgIpc) is 1.86. The molecule has 0 aliphatic carbocycles. The minimum absolute atomic E-state index is 0.120. The highest BCUT2D eigenvalue weighted by atomic mass is 35.5. The van der Waals surface area contributed by atoms with Gasteiger partial charge in [0.05, 0.1) is 6.54 Å². The summed E-state index contributed by atoms with van der Waals surface area (Å²) in [7, 11) is 0. The first-order valence-corrected chi connectivity index (χ1v) is 3.19. The Bertz CT molecular complexity index is 208. The molecule has 1 unspecified atom stereocenters. The fourth-order valence-corrected chi connectivity index (χ4v) is 0.726. The van der Waals surface area contributed by atoms with Gasteiger partial charge in [0.2, 0.25) is 5.29 Å². The highest BCUT2D eigenvalue weighted by molar-refractivity contribution is 6.65. The van der Waals surface area contributed by atoms with Crippen molar-refractivity contribution < 1.29 is 13.2 Å². The van der Waals surface area contributed by atoms with Crippen LogP contribution in [0.2, 0.25) is 0 Å². The molecule has 1 heterocycles. The van der Waals surface area contributed by atoms with E-state index in [1.54, 1.807) is 0 Å². The molecule has 0 aromatic rings. The monoisotopic (exact) mass is 184 g/mol. The van der Waals surface area contributed by atoms with Gasteiger partial charge < -0.3 is 0 Å². The smallest absolute Gasteiger partial charge is 0.255 e. The van der Waals surface area contributed by atoms with E-state index in [1.807, 2.05) is 0 Å². The van der Waals surface area contributed by atoms with Crippen molar-refractivity contribution >= 4 is 23.1 Å². The second-order valence-electron chi connectivity index (χ2n) is 2.04. The summed E-state index contributed by atoms with van der Waals surface area (Å²) in [5.74, 6) is -1.58. The largest absolute Gasteiger partial charge is 0.398 e. The summed E-state index contributed by atoms with van der Waals surface area (Å²) in [5.41, 5.74) is 0. The van der Waals surface area contributed by atoms with Crippen LogP contribution in [0, 0.1) is 5.92 Å². The summed E-state index contributed by atoms with van der Waals surface area (Å²) in [6.07, 6.45) is -3.49. The highest BCUT2D eigenvalue weighted by Gasteiger charge is 2.39. The number of hydrogen-bond donors (Lipinski definition) is 0. The molecule has 2 nitrogen and oxygen atoms in total. The van der Waals surface area contributed by atoms with Crippen LogP contribution in [0.4, 0.5) is 13.2 Å². The Labute approximate surface area is 65.8 Å². The fraction of sp³-hybridized carbons (Fsp3) is 0.600. The SMILES string of the molecule is FC(F)(F)C1C=NC(Cl)=NC1. The molecule has 0 spiro atoms. The van der Waals surface area contributed by atoms with Crippen LogP contribution >= 0.6 is 11.6 Å². The van der Waals surface area contributed by atoms with Gasteiger partial charge in [-0.15, -0.1) is 0 Å². The van der Waals surface area contributed by atoms with E-state index in [0.717, 1.165) is 6.21 Å². The van der Waals surface area contributed by atoms with Gasteiger partial charge in [-0.2, -0.15) is 13.2 Å². The van der Waals surface area contributed by atoms with Gasteiger partial charge in [-0.25, -0.2) is 4.99 Å². The molecule has 1 aliphatic rings. The zero-order chi connectivity index (χ0) is 8.48. The fourth-order valence-electron chi connectivity index (χ4n) is 0.601. The summed E-state index contributed by atoms with van der Waals surface area (Å²) in [6, 6.07) is 0. The maximum atomic E-state index is 11.9. The van der Waals surface area contributed by atoms with Crippen LogP contribution in [0.3, 0.4) is 0 Å². The van der Waals surface area contributed by atoms with Crippen molar-refractivity contribution in [1.29, 1.82) is 0 Å². The van der Waals surface area contributed by atoms with Gasteiger partial charge in [-0.3, -0.25) is 4.99 Å². The number of aliphatic imine (C=N–C) groups is 2. The first-order chi connectivity index (χ1) is 5.00. The molecular weight excluding hydrogens is 181 g/mol. The van der Waals surface area contributed by atoms with Crippen molar-refractivity contribution in [2.75, 3.05) is 6.54 Å². The lowest BCUT2D eigenvalue weighted by Gasteiger charge is -2.15. The molecule has 62 valence electrons. The summed E-state index contributed by atoms with van der Waals surface area (Å²) in [5, 5.41) is -0.120. The first kappa shape index (κ1) is 8.52. The molecule has 1 atom stereocenters. The van der Waals surface area contributed by atoms with Gasteiger partial charge in [0.15, 0.2) is 0 Å². The summed E-state index contributed by atoms with van der Waals surface area (Å²) in [6.45, 7) is -0.355. The first-order valence-electron chi connectivity index (χ1n) is 2.81. The van der Waals surface area contributed by atoms with Crippen LogP contribution in [0.25, 0.3) is 0 Å². The van der Waals surface area contributed by atoms with Crippen molar-refractivity contribution in [3.8, 4) is 0 Å². The van der Waals surface area contributed by atoms with Crippen LogP contribution in [0.1, 0.15) is 0 Å². The topological polar surface area (TPSA) is 24.7 Å². The van der Waals surface area contributed by atoms with Crippen molar-refractivity contribution in [2.45, 2.75) is 6.18 Å².